The number of piperidine rings is 1. The van der Waals surface area contributed by atoms with Crippen molar-refractivity contribution in [1.82, 2.24) is 15.1 Å². The number of likely N-dealkylation sites (tertiary alicyclic amines) is 1. The molecule has 0 unspecified atom stereocenters. The van der Waals surface area contributed by atoms with Crippen LogP contribution in [0.5, 0.6) is 0 Å². The van der Waals surface area contributed by atoms with E-state index in [-0.39, 0.29) is 11.6 Å². The molecule has 0 bridgehead atoms. The molecule has 1 N–H and O–H groups in total. The fourth-order valence-corrected chi connectivity index (χ4v) is 3.27. The summed E-state index contributed by atoms with van der Waals surface area (Å²) in [6, 6.07) is 4.43. The number of anilines is 1. The Hall–Kier alpha value is -2.58. The van der Waals surface area contributed by atoms with Gasteiger partial charge in [0.2, 0.25) is 11.8 Å². The predicted molar refractivity (Wildman–Crippen MR) is 90.3 cm³/mol. The number of amides is 2. The summed E-state index contributed by atoms with van der Waals surface area (Å²) in [4.78, 5) is 13.9. The lowest BCUT2D eigenvalue weighted by molar-refractivity contribution is -0.136. The van der Waals surface area contributed by atoms with E-state index in [4.69, 9.17) is 4.42 Å². The number of nitrogens with one attached hydrogen (secondary N) is 1. The minimum Gasteiger partial charge on any atom is -0.425 e. The zero-order valence-corrected chi connectivity index (χ0v) is 14.5. The van der Waals surface area contributed by atoms with Gasteiger partial charge in [0.1, 0.15) is 0 Å². The van der Waals surface area contributed by atoms with Gasteiger partial charge in [0.15, 0.2) is 0 Å². The van der Waals surface area contributed by atoms with Crippen LogP contribution < -0.4 is 5.32 Å². The highest BCUT2D eigenvalue weighted by Gasteiger charge is 2.35. The Kier molecular flexibility index (Phi) is 4.53. The van der Waals surface area contributed by atoms with Crippen LogP contribution in [0.15, 0.2) is 28.7 Å². The summed E-state index contributed by atoms with van der Waals surface area (Å²) >= 11 is 0. The topological polar surface area (TPSA) is 71.3 Å². The van der Waals surface area contributed by atoms with Gasteiger partial charge in [-0.3, -0.25) is 0 Å². The molecule has 9 heteroatoms. The van der Waals surface area contributed by atoms with Crippen molar-refractivity contribution in [2.75, 3.05) is 18.4 Å². The minimum atomic E-state index is -4.52. The molecule has 1 saturated heterocycles. The highest BCUT2D eigenvalue weighted by molar-refractivity contribution is 5.90. The first-order valence-corrected chi connectivity index (χ1v) is 8.97. The zero-order valence-electron chi connectivity index (χ0n) is 14.5. The lowest BCUT2D eigenvalue weighted by atomic mass is 9.97. The van der Waals surface area contributed by atoms with Crippen LogP contribution in [-0.2, 0) is 6.18 Å². The van der Waals surface area contributed by atoms with Crippen molar-refractivity contribution in [3.8, 4) is 0 Å². The number of nitrogens with zero attached hydrogens (tertiary/aromatic N) is 3. The van der Waals surface area contributed by atoms with E-state index in [0.29, 0.717) is 43.6 Å². The van der Waals surface area contributed by atoms with E-state index >= 15 is 0 Å². The predicted octanol–water partition coefficient (Wildman–Crippen LogP) is 4.38. The highest BCUT2D eigenvalue weighted by Crippen LogP contribution is 2.40. The second-order valence-corrected chi connectivity index (χ2v) is 6.99. The summed E-state index contributed by atoms with van der Waals surface area (Å²) in [5, 5.41) is 10.6. The summed E-state index contributed by atoms with van der Waals surface area (Å²) in [6.07, 6.45) is -1.07. The van der Waals surface area contributed by atoms with Gasteiger partial charge in [-0.05, 0) is 37.8 Å². The molecule has 1 saturated carbocycles. The molecule has 2 aromatic rings. The fourth-order valence-electron chi connectivity index (χ4n) is 3.27. The molecule has 2 heterocycles. The third kappa shape index (κ3) is 3.91. The standard InChI is InChI=1S/C18H19F3N4O2/c19-18(20,21)13-3-1-2-4-14(13)22-17(26)25-9-7-12(8-10-25)16-24-23-15(27-16)11-5-6-11/h1-4,11-12H,5-10H2,(H,22,26). The van der Waals surface area contributed by atoms with Crippen molar-refractivity contribution in [2.45, 2.75) is 43.7 Å². The van der Waals surface area contributed by atoms with Gasteiger partial charge in [0, 0.05) is 24.9 Å². The summed E-state index contributed by atoms with van der Waals surface area (Å²) in [6.45, 7) is 0.845. The highest BCUT2D eigenvalue weighted by atomic mass is 19.4. The number of rotatable bonds is 3. The molecule has 144 valence electrons. The van der Waals surface area contributed by atoms with E-state index in [9.17, 15) is 18.0 Å². The van der Waals surface area contributed by atoms with Gasteiger partial charge in [-0.25, -0.2) is 4.79 Å². The number of hydrogen-bond acceptors (Lipinski definition) is 4. The summed E-state index contributed by atoms with van der Waals surface area (Å²) < 4.78 is 44.9. The Labute approximate surface area is 153 Å². The number of urea groups is 1. The van der Waals surface area contributed by atoms with Crippen molar-refractivity contribution in [2.24, 2.45) is 0 Å². The number of alkyl halides is 3. The number of aromatic nitrogens is 2. The number of carbonyl (C=O) groups excluding carboxylic acids is 1. The average molecular weight is 380 g/mol. The molecule has 0 spiro atoms. The van der Waals surface area contributed by atoms with Crippen LogP contribution in [0.1, 0.15) is 54.9 Å². The lowest BCUT2D eigenvalue weighted by Gasteiger charge is -2.30. The number of para-hydroxylation sites is 1. The Morgan fingerprint density at radius 1 is 1.04 bits per heavy atom. The molecule has 0 radical (unpaired) electrons. The molecule has 2 fully saturated rings. The number of halogens is 3. The van der Waals surface area contributed by atoms with Crippen LogP contribution in [0.25, 0.3) is 0 Å². The SMILES string of the molecule is O=C(Nc1ccccc1C(F)(F)F)N1CCC(c2nnc(C3CC3)o2)CC1. The fraction of sp³-hybridized carbons (Fsp3) is 0.500. The minimum absolute atomic E-state index is 0.0801. The molecule has 1 aromatic heterocycles. The number of hydrogen-bond donors (Lipinski definition) is 1. The molecular weight excluding hydrogens is 361 g/mol. The molecular formula is C18H19F3N4O2. The molecule has 6 nitrogen and oxygen atoms in total. The third-order valence-corrected chi connectivity index (χ3v) is 4.99. The van der Waals surface area contributed by atoms with Crippen LogP contribution in [-0.4, -0.2) is 34.2 Å². The number of benzene rings is 1. The molecule has 1 aliphatic carbocycles. The third-order valence-electron chi connectivity index (χ3n) is 4.99. The molecule has 1 aromatic carbocycles. The van der Waals surface area contributed by atoms with E-state index in [1.807, 2.05) is 0 Å². The van der Waals surface area contributed by atoms with E-state index in [2.05, 4.69) is 15.5 Å². The van der Waals surface area contributed by atoms with Crippen molar-refractivity contribution in [3.63, 3.8) is 0 Å². The maximum Gasteiger partial charge on any atom is 0.418 e. The van der Waals surface area contributed by atoms with Crippen molar-refractivity contribution in [3.05, 3.63) is 41.6 Å². The van der Waals surface area contributed by atoms with E-state index in [0.717, 1.165) is 18.9 Å². The second-order valence-electron chi connectivity index (χ2n) is 6.99. The van der Waals surface area contributed by atoms with Crippen molar-refractivity contribution < 1.29 is 22.4 Å². The number of carbonyl (C=O) groups is 1. The molecule has 1 aliphatic heterocycles. The molecule has 0 atom stereocenters. The van der Waals surface area contributed by atoms with E-state index in [1.165, 1.54) is 23.1 Å². The van der Waals surface area contributed by atoms with Gasteiger partial charge in [-0.2, -0.15) is 13.2 Å². The average Bonchev–Trinajstić information content (AvgIpc) is 3.38. The van der Waals surface area contributed by atoms with Gasteiger partial charge in [0.05, 0.1) is 11.3 Å². The monoisotopic (exact) mass is 380 g/mol. The van der Waals surface area contributed by atoms with Gasteiger partial charge in [-0.1, -0.05) is 12.1 Å². The van der Waals surface area contributed by atoms with Gasteiger partial charge >= 0.3 is 12.2 Å². The van der Waals surface area contributed by atoms with Crippen LogP contribution in [0.2, 0.25) is 0 Å². The first kappa shape index (κ1) is 17.8. The van der Waals surface area contributed by atoms with Crippen LogP contribution in [0, 0.1) is 0 Å². The van der Waals surface area contributed by atoms with Gasteiger partial charge in [-0.15, -0.1) is 10.2 Å². The van der Waals surface area contributed by atoms with Crippen LogP contribution in [0.3, 0.4) is 0 Å². The summed E-state index contributed by atoms with van der Waals surface area (Å²) in [5.74, 6) is 1.76. The van der Waals surface area contributed by atoms with Gasteiger partial charge in [0.25, 0.3) is 0 Å². The first-order valence-electron chi connectivity index (χ1n) is 8.97. The van der Waals surface area contributed by atoms with Crippen molar-refractivity contribution >= 4 is 11.7 Å². The quantitative estimate of drug-likeness (QED) is 0.858. The molecule has 2 amide bonds. The normalized spacial score (nSPS) is 18.6. The first-order chi connectivity index (χ1) is 12.9. The Morgan fingerprint density at radius 2 is 1.63 bits per heavy atom. The zero-order chi connectivity index (χ0) is 19.0. The Bertz CT molecular complexity index is 824. The second kappa shape index (κ2) is 6.86. The molecule has 4 rings (SSSR count). The summed E-state index contributed by atoms with van der Waals surface area (Å²) in [5.41, 5.74) is -1.09. The Balaban J connectivity index is 1.36. The smallest absolute Gasteiger partial charge is 0.418 e. The van der Waals surface area contributed by atoms with Crippen LogP contribution >= 0.6 is 0 Å². The molecule has 27 heavy (non-hydrogen) atoms. The molecule has 2 aliphatic rings. The summed E-state index contributed by atoms with van der Waals surface area (Å²) in [7, 11) is 0. The van der Waals surface area contributed by atoms with Crippen LogP contribution in [0.4, 0.5) is 23.7 Å². The largest absolute Gasteiger partial charge is 0.425 e. The Morgan fingerprint density at radius 3 is 2.22 bits per heavy atom. The van der Waals surface area contributed by atoms with Crippen molar-refractivity contribution in [1.29, 1.82) is 0 Å². The maximum atomic E-state index is 13.1. The van der Waals surface area contributed by atoms with E-state index in [1.54, 1.807) is 0 Å². The van der Waals surface area contributed by atoms with E-state index < -0.39 is 17.8 Å². The lowest BCUT2D eigenvalue weighted by Crippen LogP contribution is -2.40. The maximum absolute atomic E-state index is 13.1. The van der Waals surface area contributed by atoms with Gasteiger partial charge < -0.3 is 14.6 Å².